The van der Waals surface area contributed by atoms with E-state index in [4.69, 9.17) is 15.0 Å². The summed E-state index contributed by atoms with van der Waals surface area (Å²) in [5.74, 6) is 0. The number of pyridine rings is 3. The van der Waals surface area contributed by atoms with Gasteiger partial charge in [-0.3, -0.25) is 15.0 Å². The Morgan fingerprint density at radius 2 is 1.61 bits per heavy atom. The standard InChI is InChI=1S/C41H29N5/c1-2-9-27(10-3-1)39-30-11-4-5-12-33(30)45-41-31(39)21-18-28-20-23-37(46-40(28)41)35-15-8-14-32(43-35)29-17-16-26-19-22-36(44-38(26)25-29)34-13-6-7-24-42-34/h1-11,13-25,33,37,46H,12H2. The van der Waals surface area contributed by atoms with Gasteiger partial charge in [0, 0.05) is 22.4 Å². The van der Waals surface area contributed by atoms with Crippen molar-refractivity contribution in [3.63, 3.8) is 0 Å². The van der Waals surface area contributed by atoms with Crippen molar-refractivity contribution in [2.75, 3.05) is 5.32 Å². The van der Waals surface area contributed by atoms with Gasteiger partial charge in [-0.25, -0.2) is 4.98 Å². The first-order valence-electron chi connectivity index (χ1n) is 15.7. The topological polar surface area (TPSA) is 63.1 Å². The Morgan fingerprint density at radius 3 is 2.52 bits per heavy atom. The lowest BCUT2D eigenvalue weighted by molar-refractivity contribution is 0.759. The number of hydrogen-bond acceptors (Lipinski definition) is 5. The van der Waals surface area contributed by atoms with Crippen LogP contribution >= 0.6 is 0 Å². The van der Waals surface area contributed by atoms with E-state index < -0.39 is 0 Å². The molecule has 3 aromatic heterocycles. The van der Waals surface area contributed by atoms with Gasteiger partial charge in [0.15, 0.2) is 0 Å². The van der Waals surface area contributed by atoms with Gasteiger partial charge in [0.05, 0.1) is 51.4 Å². The van der Waals surface area contributed by atoms with Crippen molar-refractivity contribution in [2.45, 2.75) is 18.5 Å². The average molecular weight is 592 g/mol. The minimum atomic E-state index is -0.0909. The molecule has 3 aromatic carbocycles. The zero-order valence-electron chi connectivity index (χ0n) is 25.0. The maximum absolute atomic E-state index is 5.34. The van der Waals surface area contributed by atoms with E-state index in [9.17, 15) is 0 Å². The molecule has 6 aromatic rings. The Labute approximate surface area is 266 Å². The number of allylic oxidation sites excluding steroid dienone is 2. The molecule has 46 heavy (non-hydrogen) atoms. The van der Waals surface area contributed by atoms with Crippen molar-refractivity contribution in [3.05, 3.63) is 173 Å². The molecule has 0 fully saturated rings. The van der Waals surface area contributed by atoms with Gasteiger partial charge < -0.3 is 5.32 Å². The van der Waals surface area contributed by atoms with Crippen LogP contribution in [0.2, 0.25) is 0 Å². The molecular weight excluding hydrogens is 562 g/mol. The minimum absolute atomic E-state index is 0.0909. The molecule has 0 saturated heterocycles. The van der Waals surface area contributed by atoms with E-state index in [2.05, 4.69) is 126 Å². The lowest BCUT2D eigenvalue weighted by Gasteiger charge is -2.28. The molecule has 5 nitrogen and oxygen atoms in total. The summed E-state index contributed by atoms with van der Waals surface area (Å²) >= 11 is 0. The molecule has 2 aliphatic heterocycles. The van der Waals surface area contributed by atoms with Gasteiger partial charge in [-0.1, -0.05) is 103 Å². The van der Waals surface area contributed by atoms with Crippen LogP contribution in [-0.2, 0) is 0 Å². The van der Waals surface area contributed by atoms with Crippen molar-refractivity contribution < 1.29 is 0 Å². The fourth-order valence-corrected chi connectivity index (χ4v) is 6.76. The molecule has 5 heteroatoms. The Balaban J connectivity index is 1.10. The maximum atomic E-state index is 5.34. The van der Waals surface area contributed by atoms with E-state index in [1.54, 1.807) is 6.20 Å². The van der Waals surface area contributed by atoms with Gasteiger partial charge in [0.25, 0.3) is 0 Å². The van der Waals surface area contributed by atoms with Crippen LogP contribution in [0.1, 0.15) is 29.3 Å². The number of rotatable bonds is 4. The van der Waals surface area contributed by atoms with Crippen LogP contribution in [0.25, 0.3) is 45.2 Å². The predicted octanol–water partition coefficient (Wildman–Crippen LogP) is 7.63. The second kappa shape index (κ2) is 10.9. The highest BCUT2D eigenvalue weighted by Crippen LogP contribution is 2.33. The van der Waals surface area contributed by atoms with Crippen LogP contribution in [0, 0.1) is 0 Å². The van der Waals surface area contributed by atoms with Crippen LogP contribution in [0.4, 0.5) is 5.69 Å². The predicted molar refractivity (Wildman–Crippen MR) is 185 cm³/mol. The molecular formula is C41H29N5. The van der Waals surface area contributed by atoms with E-state index >= 15 is 0 Å². The highest BCUT2D eigenvalue weighted by atomic mass is 15.0. The van der Waals surface area contributed by atoms with Crippen LogP contribution in [-0.4, -0.2) is 21.0 Å². The number of anilines is 1. The molecule has 0 bridgehead atoms. The zero-order valence-corrected chi connectivity index (χ0v) is 25.0. The van der Waals surface area contributed by atoms with E-state index in [0.717, 1.165) is 62.3 Å². The average Bonchev–Trinajstić information content (AvgIpc) is 3.14. The van der Waals surface area contributed by atoms with Crippen molar-refractivity contribution in [1.29, 1.82) is 0 Å². The van der Waals surface area contributed by atoms with Gasteiger partial charge in [-0.15, -0.1) is 0 Å². The van der Waals surface area contributed by atoms with Crippen molar-refractivity contribution in [2.24, 2.45) is 4.99 Å². The zero-order chi connectivity index (χ0) is 30.5. The third-order valence-electron chi connectivity index (χ3n) is 9.02. The van der Waals surface area contributed by atoms with Crippen LogP contribution in [0.3, 0.4) is 0 Å². The number of hydrogen-bond donors (Lipinski definition) is 1. The quantitative estimate of drug-likeness (QED) is 0.229. The molecule has 0 spiro atoms. The summed E-state index contributed by atoms with van der Waals surface area (Å²) in [6.07, 6.45) is 13.7. The summed E-state index contributed by atoms with van der Waals surface area (Å²) in [5.41, 5.74) is 11.5. The number of nitrogens with one attached hydrogen (secondary N) is 1. The number of fused-ring (bicyclic) bond motifs is 5. The molecule has 1 N–H and O–H groups in total. The Hall–Kier alpha value is -5.94. The van der Waals surface area contributed by atoms with E-state index in [0.29, 0.717) is 0 Å². The van der Waals surface area contributed by atoms with Gasteiger partial charge in [0.1, 0.15) is 0 Å². The highest BCUT2D eigenvalue weighted by molar-refractivity contribution is 5.86. The molecule has 9 rings (SSSR count). The summed E-state index contributed by atoms with van der Waals surface area (Å²) in [4.78, 5) is 19.9. The smallest absolute Gasteiger partial charge is 0.0898 e. The molecule has 3 aliphatic rings. The second-order valence-corrected chi connectivity index (χ2v) is 11.8. The molecule has 0 radical (unpaired) electrons. The van der Waals surface area contributed by atoms with E-state index in [1.165, 1.54) is 21.9 Å². The molecule has 2 atom stereocenters. The summed E-state index contributed by atoms with van der Waals surface area (Å²) in [6.45, 7) is 0. The van der Waals surface area contributed by atoms with Gasteiger partial charge in [-0.05, 0) is 65.1 Å². The van der Waals surface area contributed by atoms with E-state index in [1.807, 2.05) is 24.3 Å². The Bertz CT molecular complexity index is 2370. The van der Waals surface area contributed by atoms with Crippen LogP contribution < -0.4 is 15.9 Å². The monoisotopic (exact) mass is 591 g/mol. The Kier molecular flexibility index (Phi) is 6.27. The van der Waals surface area contributed by atoms with Crippen molar-refractivity contribution >= 4 is 28.2 Å². The summed E-state index contributed by atoms with van der Waals surface area (Å²) in [5, 5.41) is 7.11. The first-order valence-corrected chi connectivity index (χ1v) is 15.7. The molecule has 5 heterocycles. The lowest BCUT2D eigenvalue weighted by Crippen LogP contribution is -2.39. The third kappa shape index (κ3) is 4.56. The highest BCUT2D eigenvalue weighted by Gasteiger charge is 2.26. The Morgan fingerprint density at radius 1 is 0.717 bits per heavy atom. The lowest BCUT2D eigenvalue weighted by atomic mass is 9.84. The van der Waals surface area contributed by atoms with Gasteiger partial charge in [-0.2, -0.15) is 0 Å². The maximum Gasteiger partial charge on any atom is 0.0898 e. The number of aromatic nitrogens is 3. The first kappa shape index (κ1) is 26.5. The normalized spacial score (nSPS) is 17.7. The fraction of sp³-hybridized carbons (Fsp3) is 0.0732. The summed E-state index contributed by atoms with van der Waals surface area (Å²) in [6, 6.07) is 37.8. The number of nitrogens with zero attached hydrogens (tertiary/aromatic N) is 4. The molecule has 0 amide bonds. The van der Waals surface area contributed by atoms with Gasteiger partial charge in [0.2, 0.25) is 0 Å². The molecule has 0 saturated carbocycles. The SMILES string of the molecule is C1=CCC2N=c3c4c(ccc3=C(c3ccccc3)C2=C1)C=CC(c1cccc(-c2ccc3ccc(-c5ccccn5)nc3c2)n1)N4. The third-order valence-corrected chi connectivity index (χ3v) is 9.02. The second-order valence-electron chi connectivity index (χ2n) is 11.8. The number of benzene rings is 3. The largest absolute Gasteiger partial charge is 0.371 e. The van der Waals surface area contributed by atoms with E-state index in [-0.39, 0.29) is 12.1 Å². The fourth-order valence-electron chi connectivity index (χ4n) is 6.76. The summed E-state index contributed by atoms with van der Waals surface area (Å²) < 4.78 is 0. The molecule has 1 aliphatic carbocycles. The van der Waals surface area contributed by atoms with Crippen LogP contribution in [0.5, 0.6) is 0 Å². The molecule has 2 unspecified atom stereocenters. The van der Waals surface area contributed by atoms with Crippen molar-refractivity contribution in [1.82, 2.24) is 15.0 Å². The summed E-state index contributed by atoms with van der Waals surface area (Å²) in [7, 11) is 0. The minimum Gasteiger partial charge on any atom is -0.371 e. The van der Waals surface area contributed by atoms with Crippen molar-refractivity contribution in [3.8, 4) is 22.6 Å². The molecule has 218 valence electrons. The first-order chi connectivity index (χ1) is 22.8. The van der Waals surface area contributed by atoms with Crippen LogP contribution in [0.15, 0.2) is 150 Å². The van der Waals surface area contributed by atoms with Gasteiger partial charge >= 0.3 is 0 Å².